The van der Waals surface area contributed by atoms with Crippen molar-refractivity contribution in [3.05, 3.63) is 63.2 Å². The fourth-order valence-electron chi connectivity index (χ4n) is 2.67. The van der Waals surface area contributed by atoms with Gasteiger partial charge in [0, 0.05) is 18.4 Å². The number of benzene rings is 2. The van der Waals surface area contributed by atoms with E-state index in [9.17, 15) is 14.9 Å². The number of anilines is 1. The van der Waals surface area contributed by atoms with Gasteiger partial charge in [-0.2, -0.15) is 0 Å². The van der Waals surface area contributed by atoms with Crippen LogP contribution in [0.4, 0.5) is 11.4 Å². The second-order valence-corrected chi connectivity index (χ2v) is 6.23. The number of nitro groups is 1. The van der Waals surface area contributed by atoms with Crippen molar-refractivity contribution in [1.82, 2.24) is 0 Å². The van der Waals surface area contributed by atoms with Gasteiger partial charge in [0.15, 0.2) is 0 Å². The smallest absolute Gasteiger partial charge is 0.289 e. The number of ether oxygens (including phenoxy) is 2. The van der Waals surface area contributed by atoms with Crippen LogP contribution in [0.15, 0.2) is 42.5 Å². The predicted molar refractivity (Wildman–Crippen MR) is 97.0 cm³/mol. The van der Waals surface area contributed by atoms with Gasteiger partial charge in [0.1, 0.15) is 17.4 Å². The molecular weight excluding hydrogens is 360 g/mol. The van der Waals surface area contributed by atoms with E-state index in [1.807, 2.05) is 0 Å². The first-order chi connectivity index (χ1) is 12.5. The summed E-state index contributed by atoms with van der Waals surface area (Å²) in [6.45, 7) is 1.10. The van der Waals surface area contributed by atoms with Gasteiger partial charge in [-0.05, 0) is 37.1 Å². The monoisotopic (exact) mass is 376 g/mol. The number of nitro benzene ring substituents is 1. The summed E-state index contributed by atoms with van der Waals surface area (Å²) in [5.74, 6) is 0.00789. The Bertz CT molecular complexity index is 821. The van der Waals surface area contributed by atoms with Gasteiger partial charge in [-0.1, -0.05) is 23.7 Å². The van der Waals surface area contributed by atoms with Crippen LogP contribution < -0.4 is 10.1 Å². The molecule has 2 aromatic rings. The number of nitrogens with one attached hydrogen (secondary N) is 1. The minimum Gasteiger partial charge on any atom is -0.490 e. The van der Waals surface area contributed by atoms with E-state index in [0.717, 1.165) is 19.4 Å². The van der Waals surface area contributed by atoms with E-state index in [-0.39, 0.29) is 22.5 Å². The minimum atomic E-state index is -0.601. The van der Waals surface area contributed by atoms with Gasteiger partial charge in [-0.15, -0.1) is 0 Å². The molecule has 0 aromatic heterocycles. The molecule has 3 rings (SSSR count). The zero-order valence-electron chi connectivity index (χ0n) is 13.8. The molecule has 1 aliphatic heterocycles. The molecule has 0 saturated carbocycles. The molecule has 1 atom stereocenters. The van der Waals surface area contributed by atoms with E-state index in [2.05, 4.69) is 5.32 Å². The summed E-state index contributed by atoms with van der Waals surface area (Å²) in [6.07, 6.45) is 1.97. The highest BCUT2D eigenvalue weighted by Gasteiger charge is 2.19. The van der Waals surface area contributed by atoms with Crippen LogP contribution in [-0.2, 0) is 4.74 Å². The van der Waals surface area contributed by atoms with Crippen molar-refractivity contribution in [2.24, 2.45) is 0 Å². The molecule has 1 fully saturated rings. The number of rotatable bonds is 6. The summed E-state index contributed by atoms with van der Waals surface area (Å²) < 4.78 is 11.3. The summed E-state index contributed by atoms with van der Waals surface area (Å²) in [5.41, 5.74) is 0.343. The molecule has 2 aromatic carbocycles. The first-order valence-corrected chi connectivity index (χ1v) is 8.51. The van der Waals surface area contributed by atoms with E-state index < -0.39 is 10.8 Å². The third-order valence-corrected chi connectivity index (χ3v) is 4.30. The number of para-hydroxylation sites is 1. The number of hydrogen-bond donors (Lipinski definition) is 1. The normalized spacial score (nSPS) is 16.3. The number of nitrogens with zero attached hydrogens (tertiary/aromatic N) is 1. The van der Waals surface area contributed by atoms with Gasteiger partial charge in [0.2, 0.25) is 0 Å². The largest absolute Gasteiger partial charge is 0.490 e. The van der Waals surface area contributed by atoms with Gasteiger partial charge in [-0.3, -0.25) is 14.9 Å². The van der Waals surface area contributed by atoms with Gasteiger partial charge < -0.3 is 14.8 Å². The summed E-state index contributed by atoms with van der Waals surface area (Å²) in [5, 5.41) is 13.6. The van der Waals surface area contributed by atoms with Crippen LogP contribution in [-0.4, -0.2) is 30.1 Å². The first-order valence-electron chi connectivity index (χ1n) is 8.13. The van der Waals surface area contributed by atoms with E-state index in [4.69, 9.17) is 21.1 Å². The molecule has 1 N–H and O–H groups in total. The van der Waals surface area contributed by atoms with Crippen LogP contribution in [0.5, 0.6) is 5.75 Å². The lowest BCUT2D eigenvalue weighted by Crippen LogP contribution is -2.19. The number of amides is 1. The highest BCUT2D eigenvalue weighted by atomic mass is 35.5. The van der Waals surface area contributed by atoms with Crippen LogP contribution >= 0.6 is 11.6 Å². The van der Waals surface area contributed by atoms with E-state index in [1.54, 1.807) is 24.3 Å². The Morgan fingerprint density at radius 1 is 1.35 bits per heavy atom. The first kappa shape index (κ1) is 18.2. The van der Waals surface area contributed by atoms with E-state index in [1.165, 1.54) is 18.2 Å². The number of carbonyl (C=O) groups excluding carboxylic acids is 1. The van der Waals surface area contributed by atoms with Crippen molar-refractivity contribution in [3.8, 4) is 5.75 Å². The van der Waals surface area contributed by atoms with Gasteiger partial charge in [-0.25, -0.2) is 0 Å². The standard InChI is InChI=1S/C18H17ClN2O5/c19-15-8-7-12(10-16(15)21(23)24)20-18(22)14-5-1-2-6-17(14)26-11-13-4-3-9-25-13/h1-2,5-8,10,13H,3-4,9,11H2,(H,20,22). The average molecular weight is 377 g/mol. The lowest BCUT2D eigenvalue weighted by Gasteiger charge is -2.14. The second kappa shape index (κ2) is 8.16. The van der Waals surface area contributed by atoms with Gasteiger partial charge >= 0.3 is 0 Å². The molecule has 1 unspecified atom stereocenters. The van der Waals surface area contributed by atoms with Crippen LogP contribution in [0.2, 0.25) is 5.02 Å². The topological polar surface area (TPSA) is 90.7 Å². The molecule has 1 aliphatic rings. The van der Waals surface area contributed by atoms with E-state index >= 15 is 0 Å². The quantitative estimate of drug-likeness (QED) is 0.606. The molecule has 1 saturated heterocycles. The molecule has 0 spiro atoms. The highest BCUT2D eigenvalue weighted by molar-refractivity contribution is 6.32. The summed E-state index contributed by atoms with van der Waals surface area (Å²) in [4.78, 5) is 22.9. The third kappa shape index (κ3) is 4.30. The van der Waals surface area contributed by atoms with E-state index in [0.29, 0.717) is 17.9 Å². The van der Waals surface area contributed by atoms with Crippen molar-refractivity contribution >= 4 is 28.9 Å². The fourth-order valence-corrected chi connectivity index (χ4v) is 2.85. The zero-order valence-corrected chi connectivity index (χ0v) is 14.6. The van der Waals surface area contributed by atoms with Crippen molar-refractivity contribution in [3.63, 3.8) is 0 Å². The second-order valence-electron chi connectivity index (χ2n) is 5.82. The number of hydrogen-bond acceptors (Lipinski definition) is 5. The summed E-state index contributed by atoms with van der Waals surface area (Å²) in [6, 6.07) is 10.9. The molecule has 8 heteroatoms. The number of carbonyl (C=O) groups is 1. The van der Waals surface area contributed by atoms with Crippen LogP contribution in [0, 0.1) is 10.1 Å². The lowest BCUT2D eigenvalue weighted by atomic mass is 10.1. The Morgan fingerprint density at radius 3 is 2.88 bits per heavy atom. The number of halogens is 1. The molecule has 1 heterocycles. The summed E-state index contributed by atoms with van der Waals surface area (Å²) in [7, 11) is 0. The average Bonchev–Trinajstić information content (AvgIpc) is 3.15. The fraction of sp³-hybridized carbons (Fsp3) is 0.278. The highest BCUT2D eigenvalue weighted by Crippen LogP contribution is 2.28. The SMILES string of the molecule is O=C(Nc1ccc(Cl)c([N+](=O)[O-])c1)c1ccccc1OCC1CCCO1. The lowest BCUT2D eigenvalue weighted by molar-refractivity contribution is -0.384. The Balaban J connectivity index is 1.73. The maximum absolute atomic E-state index is 12.6. The molecule has 7 nitrogen and oxygen atoms in total. The van der Waals surface area contributed by atoms with Gasteiger partial charge in [0.05, 0.1) is 16.6 Å². The molecule has 136 valence electrons. The molecule has 0 radical (unpaired) electrons. The third-order valence-electron chi connectivity index (χ3n) is 3.98. The minimum absolute atomic E-state index is 0.00768. The maximum atomic E-state index is 12.6. The Labute approximate surface area is 155 Å². The summed E-state index contributed by atoms with van der Waals surface area (Å²) >= 11 is 5.79. The van der Waals surface area contributed by atoms with Crippen LogP contribution in [0.1, 0.15) is 23.2 Å². The maximum Gasteiger partial charge on any atom is 0.289 e. The molecule has 0 bridgehead atoms. The Kier molecular flexibility index (Phi) is 5.70. The molecular formula is C18H17ClN2O5. The van der Waals surface area contributed by atoms with Gasteiger partial charge in [0.25, 0.3) is 11.6 Å². The van der Waals surface area contributed by atoms with Crippen molar-refractivity contribution in [1.29, 1.82) is 0 Å². The van der Waals surface area contributed by atoms with Crippen molar-refractivity contribution in [2.45, 2.75) is 18.9 Å². The zero-order chi connectivity index (χ0) is 18.5. The molecule has 1 amide bonds. The molecule has 26 heavy (non-hydrogen) atoms. The predicted octanol–water partition coefficient (Wildman–Crippen LogP) is 4.06. The van der Waals surface area contributed by atoms with Crippen LogP contribution in [0.3, 0.4) is 0 Å². The van der Waals surface area contributed by atoms with Crippen LogP contribution in [0.25, 0.3) is 0 Å². The Morgan fingerprint density at radius 2 is 2.15 bits per heavy atom. The van der Waals surface area contributed by atoms with Crippen molar-refractivity contribution < 1.29 is 19.2 Å². The Hall–Kier alpha value is -2.64. The molecule has 0 aliphatic carbocycles. The van der Waals surface area contributed by atoms with Crippen molar-refractivity contribution in [2.75, 3.05) is 18.5 Å².